The molecule has 1 N–H and O–H groups in total. The third-order valence-corrected chi connectivity index (χ3v) is 3.20. The summed E-state index contributed by atoms with van der Waals surface area (Å²) < 4.78 is 6.81. The zero-order valence-corrected chi connectivity index (χ0v) is 12.0. The van der Waals surface area contributed by atoms with E-state index in [9.17, 15) is 4.79 Å². The zero-order valence-electron chi connectivity index (χ0n) is 11.3. The lowest BCUT2D eigenvalue weighted by Crippen LogP contribution is -2.15. The fraction of sp³-hybridized carbons (Fsp3) is 0.308. The van der Waals surface area contributed by atoms with Crippen LogP contribution in [-0.2, 0) is 11.3 Å². The molecule has 20 heavy (non-hydrogen) atoms. The van der Waals surface area contributed by atoms with Crippen LogP contribution in [0.4, 0.5) is 5.69 Å². The predicted octanol–water partition coefficient (Wildman–Crippen LogP) is 2.28. The van der Waals surface area contributed by atoms with Gasteiger partial charge in [-0.2, -0.15) is 5.10 Å². The molecule has 106 valence electrons. The number of halogens is 1. The molecule has 0 aliphatic carbocycles. The number of carbonyl (C=O) groups is 1. The highest BCUT2D eigenvalue weighted by Gasteiger charge is 2.10. The summed E-state index contributed by atoms with van der Waals surface area (Å²) in [4.78, 5) is 15.7. The number of anilines is 1. The second kappa shape index (κ2) is 6.38. The van der Waals surface area contributed by atoms with Gasteiger partial charge in [0, 0.05) is 17.5 Å². The minimum Gasteiger partial charge on any atom is -0.495 e. The SMILES string of the molecule is COc1cc(Cl)c(C)cc1NC(=O)CCn1cncn1. The number of aromatic nitrogens is 3. The second-order valence-electron chi connectivity index (χ2n) is 4.26. The standard InChI is InChI=1S/C13H15ClN4O2/c1-9-5-11(12(20-2)6-10(9)14)17-13(19)3-4-18-8-15-7-16-18/h5-8H,3-4H2,1-2H3,(H,17,19). The van der Waals surface area contributed by atoms with Gasteiger partial charge < -0.3 is 10.1 Å². The van der Waals surface area contributed by atoms with Gasteiger partial charge in [-0.1, -0.05) is 11.6 Å². The number of nitrogens with zero attached hydrogens (tertiary/aromatic N) is 3. The molecule has 1 heterocycles. The summed E-state index contributed by atoms with van der Waals surface area (Å²) in [6.45, 7) is 2.34. The van der Waals surface area contributed by atoms with Crippen LogP contribution in [-0.4, -0.2) is 27.8 Å². The molecular weight excluding hydrogens is 280 g/mol. The molecule has 6 nitrogen and oxygen atoms in total. The molecule has 0 bridgehead atoms. The predicted molar refractivity (Wildman–Crippen MR) is 76.0 cm³/mol. The summed E-state index contributed by atoms with van der Waals surface area (Å²) in [7, 11) is 1.53. The molecule has 0 aliphatic heterocycles. The van der Waals surface area contributed by atoms with E-state index in [4.69, 9.17) is 16.3 Å². The molecule has 0 spiro atoms. The molecule has 0 fully saturated rings. The number of hydrogen-bond donors (Lipinski definition) is 1. The molecular formula is C13H15ClN4O2. The van der Waals surface area contributed by atoms with Crippen LogP contribution in [0.15, 0.2) is 24.8 Å². The number of carbonyl (C=O) groups excluding carboxylic acids is 1. The monoisotopic (exact) mass is 294 g/mol. The molecule has 0 saturated heterocycles. The van der Waals surface area contributed by atoms with E-state index in [1.165, 1.54) is 13.4 Å². The average molecular weight is 295 g/mol. The van der Waals surface area contributed by atoms with E-state index >= 15 is 0 Å². The van der Waals surface area contributed by atoms with Gasteiger partial charge >= 0.3 is 0 Å². The number of aryl methyl sites for hydroxylation is 2. The highest BCUT2D eigenvalue weighted by Crippen LogP contribution is 2.30. The number of amides is 1. The van der Waals surface area contributed by atoms with Crippen LogP contribution < -0.4 is 10.1 Å². The summed E-state index contributed by atoms with van der Waals surface area (Å²) in [5.74, 6) is 0.412. The van der Waals surface area contributed by atoms with Crippen molar-refractivity contribution < 1.29 is 9.53 Å². The van der Waals surface area contributed by atoms with Gasteiger partial charge in [0.1, 0.15) is 18.4 Å². The Morgan fingerprint density at radius 3 is 2.95 bits per heavy atom. The quantitative estimate of drug-likeness (QED) is 0.918. The Morgan fingerprint density at radius 1 is 1.50 bits per heavy atom. The summed E-state index contributed by atoms with van der Waals surface area (Å²) in [6, 6.07) is 3.47. The molecule has 2 aromatic rings. The van der Waals surface area contributed by atoms with Gasteiger partial charge in [-0.3, -0.25) is 9.48 Å². The summed E-state index contributed by atoms with van der Waals surface area (Å²) in [5.41, 5.74) is 1.48. The largest absolute Gasteiger partial charge is 0.495 e. The van der Waals surface area contributed by atoms with Gasteiger partial charge in [0.05, 0.1) is 19.3 Å². The normalized spacial score (nSPS) is 10.3. The number of ether oxygens (including phenoxy) is 1. The lowest BCUT2D eigenvalue weighted by Gasteiger charge is -2.12. The Bertz CT molecular complexity index is 599. The van der Waals surface area contributed by atoms with Crippen molar-refractivity contribution in [3.63, 3.8) is 0 Å². The van der Waals surface area contributed by atoms with E-state index in [2.05, 4.69) is 15.4 Å². The van der Waals surface area contributed by atoms with Gasteiger partial charge in [-0.05, 0) is 18.6 Å². The molecule has 0 atom stereocenters. The number of nitrogens with one attached hydrogen (secondary N) is 1. The fourth-order valence-electron chi connectivity index (χ4n) is 1.71. The first-order valence-corrected chi connectivity index (χ1v) is 6.44. The van der Waals surface area contributed by atoms with Crippen LogP contribution in [0, 0.1) is 6.92 Å². The van der Waals surface area contributed by atoms with E-state index in [-0.39, 0.29) is 5.91 Å². The Kier molecular flexibility index (Phi) is 4.57. The molecule has 1 aromatic carbocycles. The van der Waals surface area contributed by atoms with E-state index in [0.717, 1.165) is 5.56 Å². The van der Waals surface area contributed by atoms with Crippen LogP contribution in [0.3, 0.4) is 0 Å². The van der Waals surface area contributed by atoms with E-state index in [0.29, 0.717) is 29.4 Å². The molecule has 0 unspecified atom stereocenters. The van der Waals surface area contributed by atoms with E-state index in [1.54, 1.807) is 23.1 Å². The average Bonchev–Trinajstić information content (AvgIpc) is 2.93. The first-order chi connectivity index (χ1) is 9.60. The van der Waals surface area contributed by atoms with Gasteiger partial charge in [-0.25, -0.2) is 4.98 Å². The van der Waals surface area contributed by atoms with Crippen molar-refractivity contribution >= 4 is 23.2 Å². The maximum Gasteiger partial charge on any atom is 0.226 e. The smallest absolute Gasteiger partial charge is 0.226 e. The summed E-state index contributed by atoms with van der Waals surface area (Å²) >= 11 is 6.02. The Hall–Kier alpha value is -2.08. The summed E-state index contributed by atoms with van der Waals surface area (Å²) in [6.07, 6.45) is 3.30. The minimum atomic E-state index is -0.125. The number of rotatable bonds is 5. The Balaban J connectivity index is 2.01. The molecule has 7 heteroatoms. The number of benzene rings is 1. The van der Waals surface area contributed by atoms with Gasteiger partial charge in [0.15, 0.2) is 0 Å². The Morgan fingerprint density at radius 2 is 2.30 bits per heavy atom. The second-order valence-corrected chi connectivity index (χ2v) is 4.67. The van der Waals surface area contributed by atoms with E-state index < -0.39 is 0 Å². The Labute approximate surface area is 121 Å². The van der Waals surface area contributed by atoms with Crippen molar-refractivity contribution in [3.8, 4) is 5.75 Å². The third kappa shape index (κ3) is 3.48. The van der Waals surface area contributed by atoms with Crippen molar-refractivity contribution in [2.24, 2.45) is 0 Å². The zero-order chi connectivity index (χ0) is 14.5. The van der Waals surface area contributed by atoms with Crippen molar-refractivity contribution in [1.82, 2.24) is 14.8 Å². The summed E-state index contributed by atoms with van der Waals surface area (Å²) in [5, 5.41) is 7.35. The van der Waals surface area contributed by atoms with Crippen LogP contribution in [0.5, 0.6) is 5.75 Å². The van der Waals surface area contributed by atoms with Gasteiger partial charge in [0.2, 0.25) is 5.91 Å². The van der Waals surface area contributed by atoms with Crippen LogP contribution in [0.1, 0.15) is 12.0 Å². The third-order valence-electron chi connectivity index (χ3n) is 2.79. The van der Waals surface area contributed by atoms with Crippen molar-refractivity contribution in [3.05, 3.63) is 35.4 Å². The van der Waals surface area contributed by atoms with Crippen LogP contribution in [0.25, 0.3) is 0 Å². The van der Waals surface area contributed by atoms with Crippen molar-refractivity contribution in [2.75, 3.05) is 12.4 Å². The molecule has 0 aliphatic rings. The van der Waals surface area contributed by atoms with Crippen LogP contribution in [0.2, 0.25) is 5.02 Å². The lowest BCUT2D eigenvalue weighted by molar-refractivity contribution is -0.116. The van der Waals surface area contributed by atoms with Gasteiger partial charge in [0.25, 0.3) is 0 Å². The number of hydrogen-bond acceptors (Lipinski definition) is 4. The fourth-order valence-corrected chi connectivity index (χ4v) is 1.86. The van der Waals surface area contributed by atoms with Crippen LogP contribution >= 0.6 is 11.6 Å². The molecule has 0 radical (unpaired) electrons. The first kappa shape index (κ1) is 14.3. The first-order valence-electron chi connectivity index (χ1n) is 6.06. The molecule has 2 rings (SSSR count). The van der Waals surface area contributed by atoms with Crippen molar-refractivity contribution in [1.29, 1.82) is 0 Å². The molecule has 1 aromatic heterocycles. The topological polar surface area (TPSA) is 69.0 Å². The molecule has 1 amide bonds. The lowest BCUT2D eigenvalue weighted by atomic mass is 10.2. The minimum absolute atomic E-state index is 0.125. The van der Waals surface area contributed by atoms with Gasteiger partial charge in [-0.15, -0.1) is 0 Å². The van der Waals surface area contributed by atoms with E-state index in [1.807, 2.05) is 6.92 Å². The van der Waals surface area contributed by atoms with Crippen molar-refractivity contribution in [2.45, 2.75) is 19.9 Å². The highest BCUT2D eigenvalue weighted by molar-refractivity contribution is 6.31. The number of methoxy groups -OCH3 is 1. The highest BCUT2D eigenvalue weighted by atomic mass is 35.5. The maximum absolute atomic E-state index is 11.9. The maximum atomic E-state index is 11.9. The molecule has 0 saturated carbocycles.